The third-order valence-electron chi connectivity index (χ3n) is 4.85. The maximum Gasteiger partial charge on any atom is 0.248 e. The van der Waals surface area contributed by atoms with Gasteiger partial charge in [-0.15, -0.1) is 0 Å². The third-order valence-corrected chi connectivity index (χ3v) is 5.21. The largest absolute Gasteiger partial charge is 0.375 e. The summed E-state index contributed by atoms with van der Waals surface area (Å²) in [5.41, 5.74) is 4.40. The van der Waals surface area contributed by atoms with E-state index in [1.54, 1.807) is 7.11 Å². The van der Waals surface area contributed by atoms with Crippen LogP contribution in [0.25, 0.3) is 0 Å². The topological polar surface area (TPSA) is 42.4 Å². The number of carbonyl (C=O) groups is 1. The molecule has 1 aliphatic rings. The lowest BCUT2D eigenvalue weighted by Gasteiger charge is -2.32. The second-order valence-corrected chi connectivity index (χ2v) is 7.33. The molecule has 4 nitrogen and oxygen atoms in total. The Morgan fingerprint density at radius 1 is 1.35 bits per heavy atom. The first-order valence-electron chi connectivity index (χ1n) is 9.04. The molecule has 1 aromatic heterocycles. The molecule has 1 saturated heterocycles. The predicted octanol–water partition coefficient (Wildman–Crippen LogP) is 3.99. The Balaban J connectivity index is 1.79. The molecular weight excluding hydrogens is 348 g/mol. The summed E-state index contributed by atoms with van der Waals surface area (Å²) in [4.78, 5) is 18.8. The number of methoxy groups -OCH3 is 1. The molecule has 0 spiro atoms. The standard InChI is InChI=1S/C21H25ClN2O2/c1-15-10-16(11-17-6-3-4-8-19(17)22)12-20(23-15)18-7-5-9-24(13-18)21(25)14-26-2/h3-4,6,8,10,12,18H,5,7,9,11,13-14H2,1-2H3/t18-/m1/s1. The average Bonchev–Trinajstić information content (AvgIpc) is 2.63. The highest BCUT2D eigenvalue weighted by atomic mass is 35.5. The van der Waals surface area contributed by atoms with Gasteiger partial charge in [0.2, 0.25) is 5.91 Å². The van der Waals surface area contributed by atoms with Gasteiger partial charge in [0.1, 0.15) is 6.61 Å². The van der Waals surface area contributed by atoms with Crippen LogP contribution in [0.2, 0.25) is 5.02 Å². The summed E-state index contributed by atoms with van der Waals surface area (Å²) in [6, 6.07) is 12.2. The number of likely N-dealkylation sites (tertiary alicyclic amines) is 1. The number of amides is 1. The number of pyridine rings is 1. The zero-order chi connectivity index (χ0) is 18.5. The van der Waals surface area contributed by atoms with Gasteiger partial charge in [-0.05, 0) is 55.5 Å². The van der Waals surface area contributed by atoms with Crippen molar-refractivity contribution in [3.8, 4) is 0 Å². The highest BCUT2D eigenvalue weighted by Crippen LogP contribution is 2.28. The molecule has 1 aromatic carbocycles. The van der Waals surface area contributed by atoms with E-state index in [0.29, 0.717) is 6.54 Å². The maximum absolute atomic E-state index is 12.2. The van der Waals surface area contributed by atoms with Crippen LogP contribution < -0.4 is 0 Å². The molecule has 0 radical (unpaired) electrons. The molecule has 5 heteroatoms. The number of carbonyl (C=O) groups excluding carboxylic acids is 1. The van der Waals surface area contributed by atoms with Crippen molar-refractivity contribution in [2.24, 2.45) is 0 Å². The summed E-state index contributed by atoms with van der Waals surface area (Å²) >= 11 is 6.31. The lowest BCUT2D eigenvalue weighted by molar-refractivity contribution is -0.136. The normalized spacial score (nSPS) is 17.3. The molecule has 0 aliphatic carbocycles. The number of hydrogen-bond acceptors (Lipinski definition) is 3. The van der Waals surface area contributed by atoms with Crippen molar-refractivity contribution in [1.29, 1.82) is 0 Å². The summed E-state index contributed by atoms with van der Waals surface area (Å²) in [5.74, 6) is 0.329. The zero-order valence-electron chi connectivity index (χ0n) is 15.4. The van der Waals surface area contributed by atoms with Crippen molar-refractivity contribution in [2.75, 3.05) is 26.8 Å². The van der Waals surface area contributed by atoms with Crippen LogP contribution in [-0.4, -0.2) is 42.6 Å². The number of piperidine rings is 1. The number of hydrogen-bond donors (Lipinski definition) is 0. The van der Waals surface area contributed by atoms with Gasteiger partial charge in [-0.25, -0.2) is 0 Å². The van der Waals surface area contributed by atoms with Crippen LogP contribution in [0.3, 0.4) is 0 Å². The van der Waals surface area contributed by atoms with Gasteiger partial charge < -0.3 is 9.64 Å². The van der Waals surface area contributed by atoms with E-state index in [-0.39, 0.29) is 18.4 Å². The molecule has 1 fully saturated rings. The van der Waals surface area contributed by atoms with Gasteiger partial charge in [-0.1, -0.05) is 29.8 Å². The van der Waals surface area contributed by atoms with Gasteiger partial charge in [-0.3, -0.25) is 9.78 Å². The first-order chi connectivity index (χ1) is 12.6. The van der Waals surface area contributed by atoms with Crippen LogP contribution in [0.5, 0.6) is 0 Å². The smallest absolute Gasteiger partial charge is 0.248 e. The summed E-state index contributed by atoms with van der Waals surface area (Å²) in [7, 11) is 1.56. The number of ether oxygens (including phenoxy) is 1. The highest BCUT2D eigenvalue weighted by Gasteiger charge is 2.25. The first-order valence-corrected chi connectivity index (χ1v) is 9.42. The summed E-state index contributed by atoms with van der Waals surface area (Å²) < 4.78 is 4.99. The highest BCUT2D eigenvalue weighted by molar-refractivity contribution is 6.31. The molecule has 0 N–H and O–H groups in total. The fourth-order valence-corrected chi connectivity index (χ4v) is 3.80. The van der Waals surface area contributed by atoms with Gasteiger partial charge in [-0.2, -0.15) is 0 Å². The number of benzene rings is 1. The molecule has 0 saturated carbocycles. The van der Waals surface area contributed by atoms with Crippen molar-refractivity contribution in [1.82, 2.24) is 9.88 Å². The van der Waals surface area contributed by atoms with Crippen molar-refractivity contribution in [2.45, 2.75) is 32.1 Å². The molecule has 2 heterocycles. The van der Waals surface area contributed by atoms with E-state index in [9.17, 15) is 4.79 Å². The van der Waals surface area contributed by atoms with Crippen molar-refractivity contribution >= 4 is 17.5 Å². The van der Waals surface area contributed by atoms with Gasteiger partial charge in [0, 0.05) is 42.5 Å². The Bertz CT molecular complexity index is 778. The van der Waals surface area contributed by atoms with Crippen LogP contribution in [0.1, 0.15) is 41.3 Å². The molecule has 138 valence electrons. The Labute approximate surface area is 160 Å². The molecule has 1 aliphatic heterocycles. The van der Waals surface area contributed by atoms with Crippen LogP contribution in [0.15, 0.2) is 36.4 Å². The first kappa shape index (κ1) is 18.9. The second-order valence-electron chi connectivity index (χ2n) is 6.92. The minimum absolute atomic E-state index is 0.0566. The van der Waals surface area contributed by atoms with Crippen LogP contribution in [0.4, 0.5) is 0 Å². The molecule has 1 atom stereocenters. The Morgan fingerprint density at radius 3 is 2.92 bits per heavy atom. The van der Waals surface area contributed by atoms with E-state index in [1.807, 2.05) is 30.0 Å². The summed E-state index contributed by atoms with van der Waals surface area (Å²) in [5, 5.41) is 0.789. The minimum atomic E-state index is 0.0566. The third kappa shape index (κ3) is 4.63. The average molecular weight is 373 g/mol. The van der Waals surface area contributed by atoms with E-state index in [1.165, 1.54) is 5.56 Å². The van der Waals surface area contributed by atoms with Crippen LogP contribution in [-0.2, 0) is 16.0 Å². The van der Waals surface area contributed by atoms with Gasteiger partial charge in [0.05, 0.1) is 0 Å². The monoisotopic (exact) mass is 372 g/mol. The Hall–Kier alpha value is -1.91. The van der Waals surface area contributed by atoms with Crippen LogP contribution >= 0.6 is 11.6 Å². The van der Waals surface area contributed by atoms with Gasteiger partial charge in [0.25, 0.3) is 0 Å². The van der Waals surface area contributed by atoms with E-state index in [2.05, 4.69) is 18.2 Å². The molecule has 2 aromatic rings. The molecule has 0 bridgehead atoms. The SMILES string of the molecule is COCC(=O)N1CCC[C@@H](c2cc(Cc3ccccc3Cl)cc(C)n2)C1. The van der Waals surface area contributed by atoms with E-state index in [0.717, 1.165) is 47.8 Å². The molecule has 0 unspecified atom stereocenters. The number of halogens is 1. The van der Waals surface area contributed by atoms with E-state index >= 15 is 0 Å². The van der Waals surface area contributed by atoms with Gasteiger partial charge in [0.15, 0.2) is 0 Å². The number of aromatic nitrogens is 1. The van der Waals surface area contributed by atoms with Crippen LogP contribution in [0, 0.1) is 6.92 Å². The number of aryl methyl sites for hydroxylation is 1. The van der Waals surface area contributed by atoms with Crippen molar-refractivity contribution < 1.29 is 9.53 Å². The molecule has 1 amide bonds. The van der Waals surface area contributed by atoms with Gasteiger partial charge >= 0.3 is 0 Å². The Morgan fingerprint density at radius 2 is 2.15 bits per heavy atom. The predicted molar refractivity (Wildman–Crippen MR) is 104 cm³/mol. The molecular formula is C21H25ClN2O2. The van der Waals surface area contributed by atoms with E-state index < -0.39 is 0 Å². The molecule has 3 rings (SSSR count). The number of rotatable bonds is 5. The quantitative estimate of drug-likeness (QED) is 0.797. The Kier molecular flexibility index (Phi) is 6.28. The second kappa shape index (κ2) is 8.65. The summed E-state index contributed by atoms with van der Waals surface area (Å²) in [6.45, 7) is 3.68. The lowest BCUT2D eigenvalue weighted by atomic mass is 9.92. The summed E-state index contributed by atoms with van der Waals surface area (Å²) in [6.07, 6.45) is 2.84. The lowest BCUT2D eigenvalue weighted by Crippen LogP contribution is -2.41. The van der Waals surface area contributed by atoms with Crippen molar-refractivity contribution in [3.05, 3.63) is 63.9 Å². The fourth-order valence-electron chi connectivity index (χ4n) is 3.60. The van der Waals surface area contributed by atoms with Crippen molar-refractivity contribution in [3.63, 3.8) is 0 Å². The molecule has 26 heavy (non-hydrogen) atoms. The zero-order valence-corrected chi connectivity index (χ0v) is 16.1. The number of nitrogens with zero attached hydrogens (tertiary/aromatic N) is 2. The fraction of sp³-hybridized carbons (Fsp3) is 0.429. The maximum atomic E-state index is 12.2. The minimum Gasteiger partial charge on any atom is -0.375 e. The van der Waals surface area contributed by atoms with E-state index in [4.69, 9.17) is 21.3 Å².